The molecule has 3 rings (SSSR count). The molecule has 0 saturated carbocycles. The molecule has 0 saturated heterocycles. The highest BCUT2D eigenvalue weighted by Gasteiger charge is 2.11. The van der Waals surface area contributed by atoms with Gasteiger partial charge in [-0.2, -0.15) is 0 Å². The Hall–Kier alpha value is -3.06. The molecule has 2 heterocycles. The number of nitrogens with one attached hydrogen (secondary N) is 1. The summed E-state index contributed by atoms with van der Waals surface area (Å²) in [6, 6.07) is 9.08. The van der Waals surface area contributed by atoms with E-state index in [0.717, 1.165) is 11.2 Å². The Morgan fingerprint density at radius 3 is 2.96 bits per heavy atom. The highest BCUT2D eigenvalue weighted by molar-refractivity contribution is 6.32. The van der Waals surface area contributed by atoms with E-state index >= 15 is 0 Å². The molecule has 0 bridgehead atoms. The third-order valence-corrected chi connectivity index (χ3v) is 4.05. The van der Waals surface area contributed by atoms with E-state index in [1.54, 1.807) is 18.2 Å². The number of nitrogens with zero attached hydrogens (tertiary/aromatic N) is 3. The highest BCUT2D eigenvalue weighted by atomic mass is 35.5. The lowest BCUT2D eigenvalue weighted by Gasteiger charge is -2.11. The summed E-state index contributed by atoms with van der Waals surface area (Å²) in [5.41, 5.74) is 1.46. The van der Waals surface area contributed by atoms with Crippen LogP contribution in [0.5, 0.6) is 11.5 Å². The van der Waals surface area contributed by atoms with Crippen molar-refractivity contribution >= 4 is 29.2 Å². The van der Waals surface area contributed by atoms with Gasteiger partial charge in [-0.1, -0.05) is 17.7 Å². The van der Waals surface area contributed by atoms with Gasteiger partial charge in [-0.25, -0.2) is 0 Å². The molecule has 0 aliphatic heterocycles. The second-order valence-corrected chi connectivity index (χ2v) is 5.97. The monoisotopic (exact) mass is 386 g/mol. The van der Waals surface area contributed by atoms with Crippen molar-refractivity contribution in [1.29, 1.82) is 0 Å². The Bertz CT molecular complexity index is 984. The summed E-state index contributed by atoms with van der Waals surface area (Å²) in [6.07, 6.45) is 4.93. The minimum atomic E-state index is -0.258. The van der Waals surface area contributed by atoms with Gasteiger partial charge in [-0.3, -0.25) is 9.20 Å². The van der Waals surface area contributed by atoms with Crippen LogP contribution < -0.4 is 14.8 Å². The maximum atomic E-state index is 12.1. The number of aromatic nitrogens is 3. The van der Waals surface area contributed by atoms with E-state index < -0.39 is 0 Å². The molecule has 8 heteroatoms. The molecule has 27 heavy (non-hydrogen) atoms. The maximum absolute atomic E-state index is 12.1. The molecule has 0 spiro atoms. The fourth-order valence-corrected chi connectivity index (χ4v) is 2.80. The number of halogens is 1. The van der Waals surface area contributed by atoms with Crippen molar-refractivity contribution < 1.29 is 14.3 Å². The number of methoxy groups -OCH3 is 1. The van der Waals surface area contributed by atoms with Crippen LogP contribution in [0, 0.1) is 0 Å². The van der Waals surface area contributed by atoms with Gasteiger partial charge < -0.3 is 14.8 Å². The first-order chi connectivity index (χ1) is 13.1. The Morgan fingerprint density at radius 2 is 2.19 bits per heavy atom. The van der Waals surface area contributed by atoms with Crippen molar-refractivity contribution in [1.82, 2.24) is 19.9 Å². The zero-order valence-corrected chi connectivity index (χ0v) is 15.7. The van der Waals surface area contributed by atoms with Gasteiger partial charge in [0.2, 0.25) is 5.91 Å². The number of carbonyl (C=O) groups is 1. The molecule has 140 valence electrons. The predicted octanol–water partition coefficient (Wildman–Crippen LogP) is 3.12. The number of pyridine rings is 1. The number of carbonyl (C=O) groups excluding carboxylic acids is 1. The van der Waals surface area contributed by atoms with Gasteiger partial charge in [0, 0.05) is 12.3 Å². The van der Waals surface area contributed by atoms with Gasteiger partial charge in [0.1, 0.15) is 0 Å². The summed E-state index contributed by atoms with van der Waals surface area (Å²) >= 11 is 6.23. The molecule has 3 aromatic rings. The van der Waals surface area contributed by atoms with E-state index in [1.165, 1.54) is 13.2 Å². The molecule has 0 aliphatic carbocycles. The third-order valence-electron chi connectivity index (χ3n) is 3.77. The number of hydrogen-bond donors (Lipinski definition) is 1. The molecule has 1 aromatic carbocycles. The molecular weight excluding hydrogens is 368 g/mol. The summed E-state index contributed by atoms with van der Waals surface area (Å²) in [5, 5.41) is 11.3. The Kier molecular flexibility index (Phi) is 5.93. The van der Waals surface area contributed by atoms with Crippen LogP contribution >= 0.6 is 11.6 Å². The van der Waals surface area contributed by atoms with Crippen molar-refractivity contribution in [2.45, 2.75) is 13.5 Å². The van der Waals surface area contributed by atoms with Crippen LogP contribution in [0.25, 0.3) is 11.7 Å². The average Bonchev–Trinajstić information content (AvgIpc) is 3.09. The molecule has 1 N–H and O–H groups in total. The van der Waals surface area contributed by atoms with Crippen molar-refractivity contribution in [2.75, 3.05) is 13.7 Å². The van der Waals surface area contributed by atoms with E-state index in [4.69, 9.17) is 21.1 Å². The quantitative estimate of drug-likeness (QED) is 0.631. The zero-order chi connectivity index (χ0) is 19.2. The van der Waals surface area contributed by atoms with Crippen LogP contribution in [-0.4, -0.2) is 34.2 Å². The van der Waals surface area contributed by atoms with Crippen LogP contribution in [0.1, 0.15) is 18.3 Å². The van der Waals surface area contributed by atoms with Crippen molar-refractivity contribution in [3.8, 4) is 11.5 Å². The van der Waals surface area contributed by atoms with E-state index in [2.05, 4.69) is 15.5 Å². The van der Waals surface area contributed by atoms with Crippen LogP contribution in [0.2, 0.25) is 5.02 Å². The van der Waals surface area contributed by atoms with E-state index in [9.17, 15) is 4.79 Å². The largest absolute Gasteiger partial charge is 0.493 e. The fraction of sp³-hybridized carbons (Fsp3) is 0.211. The summed E-state index contributed by atoms with van der Waals surface area (Å²) in [5.74, 6) is 1.39. The van der Waals surface area contributed by atoms with Crippen molar-refractivity contribution in [2.24, 2.45) is 0 Å². The lowest BCUT2D eigenvalue weighted by molar-refractivity contribution is -0.116. The standard InChI is InChI=1S/C19H19ClN4O3/c1-3-27-19-14(20)10-13(11-15(19)26-2)7-8-18(25)21-12-17-23-22-16-6-4-5-9-24(16)17/h4-11H,3,12H2,1-2H3,(H,21,25)/b8-7+. The summed E-state index contributed by atoms with van der Waals surface area (Å²) in [4.78, 5) is 12.1. The molecule has 2 aromatic heterocycles. The SMILES string of the molecule is CCOc1c(Cl)cc(/C=C/C(=O)NCc2nnc3ccccn23)cc1OC. The van der Waals surface area contributed by atoms with E-state index in [-0.39, 0.29) is 12.5 Å². The Labute approximate surface area is 161 Å². The number of ether oxygens (including phenoxy) is 2. The van der Waals surface area contributed by atoms with Crippen LogP contribution in [0.15, 0.2) is 42.6 Å². The lowest BCUT2D eigenvalue weighted by Crippen LogP contribution is -2.21. The summed E-state index contributed by atoms with van der Waals surface area (Å²) < 4.78 is 12.6. The average molecular weight is 387 g/mol. The summed E-state index contributed by atoms with van der Waals surface area (Å²) in [6.45, 7) is 2.61. The molecule has 7 nitrogen and oxygen atoms in total. The van der Waals surface area contributed by atoms with Gasteiger partial charge in [-0.15, -0.1) is 10.2 Å². The van der Waals surface area contributed by atoms with Gasteiger partial charge in [0.15, 0.2) is 23.0 Å². The first-order valence-corrected chi connectivity index (χ1v) is 8.75. The van der Waals surface area contributed by atoms with Gasteiger partial charge in [-0.05, 0) is 42.8 Å². The van der Waals surface area contributed by atoms with Crippen molar-refractivity contribution in [3.63, 3.8) is 0 Å². The molecular formula is C19H19ClN4O3. The highest BCUT2D eigenvalue weighted by Crippen LogP contribution is 2.36. The van der Waals surface area contributed by atoms with Crippen LogP contribution in [0.4, 0.5) is 0 Å². The van der Waals surface area contributed by atoms with Gasteiger partial charge in [0.25, 0.3) is 0 Å². The minimum absolute atomic E-state index is 0.258. The smallest absolute Gasteiger partial charge is 0.244 e. The first kappa shape index (κ1) is 18.7. The van der Waals surface area contributed by atoms with Crippen molar-refractivity contribution in [3.05, 3.63) is 59.0 Å². The third kappa shape index (κ3) is 4.38. The van der Waals surface area contributed by atoms with Gasteiger partial charge >= 0.3 is 0 Å². The zero-order valence-electron chi connectivity index (χ0n) is 15.0. The number of amides is 1. The fourth-order valence-electron chi connectivity index (χ4n) is 2.53. The molecule has 0 atom stereocenters. The molecule has 0 aliphatic rings. The topological polar surface area (TPSA) is 77.8 Å². The second-order valence-electron chi connectivity index (χ2n) is 5.56. The molecule has 1 amide bonds. The minimum Gasteiger partial charge on any atom is -0.493 e. The van der Waals surface area contributed by atoms with Gasteiger partial charge in [0.05, 0.1) is 25.3 Å². The molecule has 0 radical (unpaired) electrons. The maximum Gasteiger partial charge on any atom is 0.244 e. The van der Waals surface area contributed by atoms with Crippen LogP contribution in [-0.2, 0) is 11.3 Å². The second kappa shape index (κ2) is 8.55. The predicted molar refractivity (Wildman–Crippen MR) is 103 cm³/mol. The van der Waals surface area contributed by atoms with E-state index in [1.807, 2.05) is 35.7 Å². The first-order valence-electron chi connectivity index (χ1n) is 8.37. The number of benzene rings is 1. The number of fused-ring (bicyclic) bond motifs is 1. The van der Waals surface area contributed by atoms with Crippen LogP contribution in [0.3, 0.4) is 0 Å². The normalized spacial score (nSPS) is 11.1. The lowest BCUT2D eigenvalue weighted by atomic mass is 10.2. The summed E-state index contributed by atoms with van der Waals surface area (Å²) in [7, 11) is 1.54. The Balaban J connectivity index is 1.67. The molecule has 0 unspecified atom stereocenters. The Morgan fingerprint density at radius 1 is 1.33 bits per heavy atom. The number of hydrogen-bond acceptors (Lipinski definition) is 5. The van der Waals surface area contributed by atoms with E-state index in [0.29, 0.717) is 29.0 Å². The number of rotatable bonds is 7. The molecule has 0 fully saturated rings.